The first-order valence-electron chi connectivity index (χ1n) is 7.31. The van der Waals surface area contributed by atoms with E-state index in [4.69, 9.17) is 0 Å². The van der Waals surface area contributed by atoms with Gasteiger partial charge in [-0.1, -0.05) is 41.7 Å². The molecule has 0 aliphatic rings. The van der Waals surface area contributed by atoms with E-state index in [0.29, 0.717) is 17.3 Å². The summed E-state index contributed by atoms with van der Waals surface area (Å²) in [5.41, 5.74) is 1.92. The number of hydrogen-bond acceptors (Lipinski definition) is 7. The van der Waals surface area contributed by atoms with Crippen LogP contribution in [0.3, 0.4) is 0 Å². The highest BCUT2D eigenvalue weighted by Gasteiger charge is 2.07. The Hall–Kier alpha value is -2.32. The summed E-state index contributed by atoms with van der Waals surface area (Å²) in [7, 11) is 0. The van der Waals surface area contributed by atoms with Crippen molar-refractivity contribution < 1.29 is 4.79 Å². The summed E-state index contributed by atoms with van der Waals surface area (Å²) in [5, 5.41) is 12.7. The normalized spacial score (nSPS) is 10.5. The van der Waals surface area contributed by atoms with Gasteiger partial charge in [0.2, 0.25) is 11.0 Å². The highest BCUT2D eigenvalue weighted by molar-refractivity contribution is 7.99. The van der Waals surface area contributed by atoms with Gasteiger partial charge in [0.25, 0.3) is 0 Å². The predicted octanol–water partition coefficient (Wildman–Crippen LogP) is 3.42. The highest BCUT2D eigenvalue weighted by atomic mass is 32.2. The minimum atomic E-state index is -0.0732. The van der Waals surface area contributed by atoms with Gasteiger partial charge in [-0.05, 0) is 13.0 Å². The molecule has 0 radical (unpaired) electrons. The van der Waals surface area contributed by atoms with E-state index >= 15 is 0 Å². The second-order valence-electron chi connectivity index (χ2n) is 4.88. The molecule has 0 saturated carbocycles. The number of hydrogen-bond donors (Lipinski definition) is 1. The third kappa shape index (κ3) is 4.59. The van der Waals surface area contributed by atoms with Gasteiger partial charge in [-0.2, -0.15) is 0 Å². The molecule has 0 unspecified atom stereocenters. The Morgan fingerprint density at radius 2 is 2.04 bits per heavy atom. The minimum absolute atomic E-state index is 0.0732. The van der Waals surface area contributed by atoms with E-state index < -0.39 is 0 Å². The molecule has 6 nitrogen and oxygen atoms in total. The zero-order valence-electron chi connectivity index (χ0n) is 13.0. The van der Waals surface area contributed by atoms with Crippen molar-refractivity contribution in [1.29, 1.82) is 0 Å². The predicted molar refractivity (Wildman–Crippen MR) is 96.1 cm³/mol. The molecule has 2 heterocycles. The fraction of sp³-hybridized carbons (Fsp3) is 0.188. The number of nitrogens with one attached hydrogen (secondary N) is 1. The molecular weight excluding hydrogens is 342 g/mol. The molecule has 0 atom stereocenters. The number of aromatic nitrogens is 4. The van der Waals surface area contributed by atoms with Gasteiger partial charge in [0.15, 0.2) is 0 Å². The highest BCUT2D eigenvalue weighted by Crippen LogP contribution is 2.22. The van der Waals surface area contributed by atoms with Crippen LogP contribution >= 0.6 is 23.1 Å². The van der Waals surface area contributed by atoms with Crippen LogP contribution in [0.5, 0.6) is 0 Å². The molecule has 0 fully saturated rings. The lowest BCUT2D eigenvalue weighted by molar-refractivity contribution is -0.115. The van der Waals surface area contributed by atoms with Crippen LogP contribution in [0.1, 0.15) is 11.4 Å². The summed E-state index contributed by atoms with van der Waals surface area (Å²) in [6.45, 7) is 1.85. The number of anilines is 1. The van der Waals surface area contributed by atoms with Crippen molar-refractivity contribution in [2.75, 3.05) is 11.1 Å². The van der Waals surface area contributed by atoms with Gasteiger partial charge in [-0.15, -0.1) is 22.0 Å². The van der Waals surface area contributed by atoms with E-state index in [-0.39, 0.29) is 5.91 Å². The SMILES string of the molecule is Cc1nnc(NC(=O)CCSc2cc(-c3ccccc3)ncn2)s1. The fourth-order valence-corrected chi connectivity index (χ4v) is 3.38. The molecule has 0 spiro atoms. The van der Waals surface area contributed by atoms with E-state index in [1.54, 1.807) is 6.33 Å². The number of carbonyl (C=O) groups is 1. The van der Waals surface area contributed by atoms with Crippen LogP contribution in [0.25, 0.3) is 11.3 Å². The maximum Gasteiger partial charge on any atom is 0.227 e. The number of benzene rings is 1. The molecule has 1 aromatic carbocycles. The molecule has 1 amide bonds. The number of amides is 1. The van der Waals surface area contributed by atoms with Crippen LogP contribution in [-0.2, 0) is 4.79 Å². The Bertz CT molecular complexity index is 822. The van der Waals surface area contributed by atoms with Gasteiger partial charge in [0.1, 0.15) is 11.3 Å². The van der Waals surface area contributed by atoms with Crippen LogP contribution in [0.2, 0.25) is 0 Å². The van der Waals surface area contributed by atoms with Crippen molar-refractivity contribution in [2.45, 2.75) is 18.4 Å². The van der Waals surface area contributed by atoms with Crippen molar-refractivity contribution in [3.05, 3.63) is 47.7 Å². The molecule has 0 bridgehead atoms. The number of aryl methyl sites for hydroxylation is 1. The Morgan fingerprint density at radius 3 is 2.79 bits per heavy atom. The van der Waals surface area contributed by atoms with Crippen molar-refractivity contribution in [3.63, 3.8) is 0 Å². The van der Waals surface area contributed by atoms with E-state index in [1.165, 1.54) is 23.1 Å². The molecule has 122 valence electrons. The monoisotopic (exact) mass is 357 g/mol. The number of nitrogens with zero attached hydrogens (tertiary/aromatic N) is 4. The molecule has 0 aliphatic carbocycles. The molecule has 24 heavy (non-hydrogen) atoms. The van der Waals surface area contributed by atoms with E-state index in [0.717, 1.165) is 21.3 Å². The second-order valence-corrected chi connectivity index (χ2v) is 7.18. The number of carbonyl (C=O) groups excluding carboxylic acids is 1. The lowest BCUT2D eigenvalue weighted by Gasteiger charge is -2.04. The average molecular weight is 357 g/mol. The van der Waals surface area contributed by atoms with E-state index in [1.807, 2.05) is 43.3 Å². The summed E-state index contributed by atoms with van der Waals surface area (Å²) in [6, 6.07) is 11.9. The van der Waals surface area contributed by atoms with Crippen LogP contribution < -0.4 is 5.32 Å². The lowest BCUT2D eigenvalue weighted by atomic mass is 10.1. The van der Waals surface area contributed by atoms with Crippen molar-refractivity contribution in [3.8, 4) is 11.3 Å². The molecule has 1 N–H and O–H groups in total. The van der Waals surface area contributed by atoms with E-state index in [9.17, 15) is 4.79 Å². The topological polar surface area (TPSA) is 80.7 Å². The molecule has 3 rings (SSSR count). The summed E-state index contributed by atoms with van der Waals surface area (Å²) < 4.78 is 0. The smallest absolute Gasteiger partial charge is 0.227 e. The average Bonchev–Trinajstić information content (AvgIpc) is 3.01. The Morgan fingerprint density at radius 1 is 1.21 bits per heavy atom. The zero-order chi connectivity index (χ0) is 16.8. The van der Waals surface area contributed by atoms with Gasteiger partial charge < -0.3 is 5.32 Å². The first-order chi connectivity index (χ1) is 11.7. The quantitative estimate of drug-likeness (QED) is 0.538. The molecule has 2 aromatic heterocycles. The first kappa shape index (κ1) is 16.5. The summed E-state index contributed by atoms with van der Waals surface area (Å²) in [5.74, 6) is 0.561. The Labute approximate surface area is 147 Å². The largest absolute Gasteiger partial charge is 0.301 e. The van der Waals surface area contributed by atoms with Gasteiger partial charge in [-0.25, -0.2) is 9.97 Å². The standard InChI is InChI=1S/C16H15N5OS2/c1-11-20-21-16(24-11)19-14(22)7-8-23-15-9-13(17-10-18-15)12-5-3-2-4-6-12/h2-6,9-10H,7-8H2,1H3,(H,19,21,22). The van der Waals surface area contributed by atoms with Gasteiger partial charge in [0, 0.05) is 17.7 Å². The van der Waals surface area contributed by atoms with Gasteiger partial charge >= 0.3 is 0 Å². The van der Waals surface area contributed by atoms with Crippen LogP contribution in [-0.4, -0.2) is 31.8 Å². The van der Waals surface area contributed by atoms with Crippen LogP contribution in [0, 0.1) is 6.92 Å². The maximum atomic E-state index is 11.9. The summed E-state index contributed by atoms with van der Waals surface area (Å²) >= 11 is 2.89. The Balaban J connectivity index is 1.52. The van der Waals surface area contributed by atoms with E-state index in [2.05, 4.69) is 25.5 Å². The molecule has 0 aliphatic heterocycles. The fourth-order valence-electron chi connectivity index (χ4n) is 1.96. The summed E-state index contributed by atoms with van der Waals surface area (Å²) in [4.78, 5) is 20.4. The zero-order valence-corrected chi connectivity index (χ0v) is 14.6. The summed E-state index contributed by atoms with van der Waals surface area (Å²) in [6.07, 6.45) is 1.93. The van der Waals surface area contributed by atoms with Gasteiger partial charge in [0.05, 0.1) is 10.7 Å². The van der Waals surface area contributed by atoms with Crippen molar-refractivity contribution >= 4 is 34.1 Å². The van der Waals surface area contributed by atoms with Crippen LogP contribution in [0.4, 0.5) is 5.13 Å². The van der Waals surface area contributed by atoms with Crippen LogP contribution in [0.15, 0.2) is 47.8 Å². The van der Waals surface area contributed by atoms with Gasteiger partial charge in [-0.3, -0.25) is 4.79 Å². The first-order valence-corrected chi connectivity index (χ1v) is 9.11. The third-order valence-electron chi connectivity index (χ3n) is 3.06. The third-order valence-corrected chi connectivity index (χ3v) is 4.74. The Kier molecular flexibility index (Phi) is 5.50. The lowest BCUT2D eigenvalue weighted by Crippen LogP contribution is -2.12. The van der Waals surface area contributed by atoms with Crippen molar-refractivity contribution in [1.82, 2.24) is 20.2 Å². The number of thioether (sulfide) groups is 1. The minimum Gasteiger partial charge on any atom is -0.301 e. The molecular formula is C16H15N5OS2. The maximum absolute atomic E-state index is 11.9. The number of rotatable bonds is 6. The second kappa shape index (κ2) is 7.98. The molecule has 8 heteroatoms. The molecule has 3 aromatic rings. The van der Waals surface area contributed by atoms with Crippen molar-refractivity contribution in [2.24, 2.45) is 0 Å². The molecule has 0 saturated heterocycles.